The van der Waals surface area contributed by atoms with Crippen molar-refractivity contribution in [2.75, 3.05) is 4.90 Å². The van der Waals surface area contributed by atoms with Gasteiger partial charge in [0.2, 0.25) is 23.6 Å². The summed E-state index contributed by atoms with van der Waals surface area (Å²) in [5.41, 5.74) is 2.02. The lowest BCUT2D eigenvalue weighted by Gasteiger charge is -2.49. The zero-order valence-electron chi connectivity index (χ0n) is 24.7. The molecule has 228 valence electrons. The summed E-state index contributed by atoms with van der Waals surface area (Å²) in [7, 11) is 1.72. The van der Waals surface area contributed by atoms with Crippen molar-refractivity contribution in [3.8, 4) is 16.3 Å². The summed E-state index contributed by atoms with van der Waals surface area (Å²) in [5.74, 6) is -3.76. The van der Waals surface area contributed by atoms with Gasteiger partial charge in [-0.25, -0.2) is 4.90 Å². The number of phenolic OH excluding ortho intramolecular Hbond substituents is 1. The molecule has 4 aliphatic rings. The number of phenols is 1. The van der Waals surface area contributed by atoms with E-state index in [0.717, 1.165) is 26.1 Å². The van der Waals surface area contributed by atoms with E-state index in [-0.39, 0.29) is 35.8 Å². The van der Waals surface area contributed by atoms with E-state index in [1.807, 2.05) is 44.2 Å². The fourth-order valence-electron chi connectivity index (χ4n) is 8.44. The van der Waals surface area contributed by atoms with Crippen LogP contribution in [0.2, 0.25) is 5.02 Å². The molecular weight excluding hydrogens is 612 g/mol. The van der Waals surface area contributed by atoms with E-state index in [1.165, 1.54) is 4.90 Å². The molecule has 2 aromatic carbocycles. The quantitative estimate of drug-likeness (QED) is 0.226. The van der Waals surface area contributed by atoms with E-state index in [9.17, 15) is 24.3 Å². The Labute approximate surface area is 267 Å². The summed E-state index contributed by atoms with van der Waals surface area (Å²) in [5, 5.41) is 19.4. The zero-order valence-corrected chi connectivity index (χ0v) is 26.3. The Balaban J connectivity index is 1.25. The van der Waals surface area contributed by atoms with Crippen molar-refractivity contribution in [1.82, 2.24) is 15.1 Å². The van der Waals surface area contributed by atoms with E-state index in [0.29, 0.717) is 28.5 Å². The van der Waals surface area contributed by atoms with Crippen molar-refractivity contribution in [2.45, 2.75) is 32.6 Å². The SMILES string of the molecule is Cc1c(-c2cc(N3C(=O)[C@@H]4C[C@@H]5C(=CC[C@@H]6C(=O)NC(=O)[C@@H]65)[C@H](c5cccc(O)c5)[C@]4(C)C3=O)n(C)n2)sc2ccc(Cl)cc12. The van der Waals surface area contributed by atoms with Crippen LogP contribution in [0, 0.1) is 36.0 Å². The molecule has 11 heteroatoms. The standard InChI is InChI=1S/C34H29ClN4O5S/c1-15-21-12-17(35)7-10-25(21)45-29(15)24-14-26(38(3)37-24)39-32(43)23-13-22-19(8-9-20-27(22)31(42)36-30(20)41)28(34(23,2)33(39)44)16-5-4-6-18(40)11-16/h4-8,10-12,14,20,22-23,27-28,40H,9,13H2,1-3H3,(H,36,41,42)/t20-,22+,23-,27-,28-,34+/m0/s1. The predicted molar refractivity (Wildman–Crippen MR) is 170 cm³/mol. The molecule has 1 saturated carbocycles. The molecule has 2 saturated heterocycles. The summed E-state index contributed by atoms with van der Waals surface area (Å²) in [6.45, 7) is 3.83. The van der Waals surface area contributed by atoms with Crippen LogP contribution in [0.1, 0.15) is 36.8 Å². The van der Waals surface area contributed by atoms with Crippen LogP contribution in [0.25, 0.3) is 20.7 Å². The number of nitrogens with zero attached hydrogens (tertiary/aromatic N) is 3. The van der Waals surface area contributed by atoms with Crippen LogP contribution >= 0.6 is 22.9 Å². The van der Waals surface area contributed by atoms with E-state index < -0.39 is 35.0 Å². The van der Waals surface area contributed by atoms with Crippen molar-refractivity contribution in [3.63, 3.8) is 0 Å². The van der Waals surface area contributed by atoms with Gasteiger partial charge in [0.1, 0.15) is 17.3 Å². The number of aromatic hydroxyl groups is 1. The number of carbonyl (C=O) groups is 4. The van der Waals surface area contributed by atoms with Gasteiger partial charge in [-0.1, -0.05) is 35.4 Å². The Morgan fingerprint density at radius 1 is 1.07 bits per heavy atom. The number of halogens is 1. The minimum atomic E-state index is -1.20. The van der Waals surface area contributed by atoms with Gasteiger partial charge in [-0.15, -0.1) is 11.3 Å². The Hall–Kier alpha value is -4.28. The largest absolute Gasteiger partial charge is 0.508 e. The second-order valence-corrected chi connectivity index (χ2v) is 14.3. The number of benzene rings is 2. The van der Waals surface area contributed by atoms with Gasteiger partial charge in [0, 0.05) is 28.8 Å². The lowest BCUT2D eigenvalue weighted by molar-refractivity contribution is -0.131. The van der Waals surface area contributed by atoms with Gasteiger partial charge in [0.05, 0.1) is 28.0 Å². The second kappa shape index (κ2) is 9.61. The highest BCUT2D eigenvalue weighted by Gasteiger charge is 2.67. The third-order valence-corrected chi connectivity index (χ3v) is 12.1. The summed E-state index contributed by atoms with van der Waals surface area (Å²) >= 11 is 7.84. The Bertz CT molecular complexity index is 2050. The molecule has 0 spiro atoms. The van der Waals surface area contributed by atoms with Crippen LogP contribution in [0.3, 0.4) is 0 Å². The number of anilines is 1. The van der Waals surface area contributed by atoms with Crippen LogP contribution in [-0.2, 0) is 26.2 Å². The summed E-state index contributed by atoms with van der Waals surface area (Å²) in [6.07, 6.45) is 2.63. The Morgan fingerprint density at radius 3 is 2.64 bits per heavy atom. The first-order valence-electron chi connectivity index (χ1n) is 14.9. The van der Waals surface area contributed by atoms with Crippen LogP contribution in [0.15, 0.2) is 60.2 Å². The van der Waals surface area contributed by atoms with Crippen molar-refractivity contribution in [1.29, 1.82) is 0 Å². The van der Waals surface area contributed by atoms with Crippen molar-refractivity contribution >= 4 is 62.5 Å². The molecule has 8 rings (SSSR count). The molecule has 2 aliphatic carbocycles. The lowest BCUT2D eigenvalue weighted by atomic mass is 9.51. The van der Waals surface area contributed by atoms with Crippen LogP contribution < -0.4 is 10.2 Å². The molecule has 4 aromatic rings. The number of imide groups is 2. The molecule has 6 atom stereocenters. The zero-order chi connectivity index (χ0) is 31.5. The highest BCUT2D eigenvalue weighted by molar-refractivity contribution is 7.22. The average Bonchev–Trinajstić information content (AvgIpc) is 3.68. The number of nitrogens with one attached hydrogen (secondary N) is 1. The highest BCUT2D eigenvalue weighted by atomic mass is 35.5. The number of hydrogen-bond acceptors (Lipinski definition) is 7. The van der Waals surface area contributed by atoms with E-state index >= 15 is 0 Å². The van der Waals surface area contributed by atoms with Gasteiger partial charge in [-0.05, 0) is 79.5 Å². The maximum absolute atomic E-state index is 14.7. The third kappa shape index (κ3) is 3.81. The summed E-state index contributed by atoms with van der Waals surface area (Å²) in [4.78, 5) is 57.1. The number of aryl methyl sites for hydroxylation is 2. The van der Waals surface area contributed by atoms with Crippen LogP contribution in [-0.4, -0.2) is 38.5 Å². The Kier molecular flexibility index (Phi) is 6.02. The molecule has 2 N–H and O–H groups in total. The van der Waals surface area contributed by atoms with Gasteiger partial charge in [-0.2, -0.15) is 5.10 Å². The van der Waals surface area contributed by atoms with Crippen molar-refractivity contribution in [3.05, 3.63) is 76.3 Å². The Morgan fingerprint density at radius 2 is 1.87 bits per heavy atom. The summed E-state index contributed by atoms with van der Waals surface area (Å²) in [6, 6.07) is 14.3. The monoisotopic (exact) mass is 640 g/mol. The average molecular weight is 641 g/mol. The molecule has 3 fully saturated rings. The molecule has 2 aliphatic heterocycles. The van der Waals surface area contributed by atoms with Crippen molar-refractivity contribution < 1.29 is 24.3 Å². The fourth-order valence-corrected chi connectivity index (χ4v) is 9.76. The molecule has 0 radical (unpaired) electrons. The number of fused-ring (bicyclic) bond motifs is 5. The van der Waals surface area contributed by atoms with E-state index in [4.69, 9.17) is 16.7 Å². The molecule has 9 nitrogen and oxygen atoms in total. The van der Waals surface area contributed by atoms with E-state index in [1.54, 1.807) is 47.3 Å². The molecule has 2 aromatic heterocycles. The molecule has 4 amide bonds. The number of allylic oxidation sites excluding steroid dienone is 2. The lowest BCUT2D eigenvalue weighted by Crippen LogP contribution is -2.48. The maximum Gasteiger partial charge on any atom is 0.242 e. The fraction of sp³-hybridized carbons (Fsp3) is 0.324. The molecule has 45 heavy (non-hydrogen) atoms. The van der Waals surface area contributed by atoms with Crippen molar-refractivity contribution in [2.24, 2.45) is 36.1 Å². The first-order valence-corrected chi connectivity index (χ1v) is 16.1. The third-order valence-electron chi connectivity index (χ3n) is 10.5. The number of rotatable bonds is 3. The normalized spacial score (nSPS) is 29.1. The van der Waals surface area contributed by atoms with Gasteiger partial charge in [0.25, 0.3) is 0 Å². The van der Waals surface area contributed by atoms with Gasteiger partial charge < -0.3 is 5.11 Å². The molecule has 4 heterocycles. The van der Waals surface area contributed by atoms with Crippen LogP contribution in [0.4, 0.5) is 5.82 Å². The number of thiophene rings is 1. The van der Waals surface area contributed by atoms with Gasteiger partial charge >= 0.3 is 0 Å². The van der Waals surface area contributed by atoms with Gasteiger partial charge in [-0.3, -0.25) is 29.2 Å². The minimum absolute atomic E-state index is 0.0442. The predicted octanol–water partition coefficient (Wildman–Crippen LogP) is 5.49. The highest BCUT2D eigenvalue weighted by Crippen LogP contribution is 2.63. The summed E-state index contributed by atoms with van der Waals surface area (Å²) < 4.78 is 2.63. The number of carbonyl (C=O) groups excluding carboxylic acids is 4. The first-order chi connectivity index (χ1) is 21.5. The first kappa shape index (κ1) is 28.2. The molecule has 0 unspecified atom stereocenters. The number of aromatic nitrogens is 2. The van der Waals surface area contributed by atoms with Gasteiger partial charge in [0.15, 0.2) is 0 Å². The minimum Gasteiger partial charge on any atom is -0.508 e. The molecule has 0 bridgehead atoms. The maximum atomic E-state index is 14.7. The second-order valence-electron chi connectivity index (χ2n) is 12.8. The smallest absolute Gasteiger partial charge is 0.242 e. The van der Waals surface area contributed by atoms with Crippen LogP contribution in [0.5, 0.6) is 5.75 Å². The number of amides is 4. The molecular formula is C34H29ClN4O5S. The number of hydrogen-bond donors (Lipinski definition) is 2. The van der Waals surface area contributed by atoms with E-state index in [2.05, 4.69) is 5.32 Å². The topological polar surface area (TPSA) is 122 Å².